The number of amides is 2. The van der Waals surface area contributed by atoms with Crippen molar-refractivity contribution in [1.82, 2.24) is 10.2 Å². The third-order valence-corrected chi connectivity index (χ3v) is 1.87. The highest BCUT2D eigenvalue weighted by molar-refractivity contribution is 5.78. The van der Waals surface area contributed by atoms with Crippen LogP contribution in [-0.2, 0) is 0 Å². The summed E-state index contributed by atoms with van der Waals surface area (Å²) < 4.78 is 0. The predicted octanol–water partition coefficient (Wildman–Crippen LogP) is 0.754. The first kappa shape index (κ1) is 12.7. The molecule has 0 rings (SSSR count). The largest absolute Gasteiger partial charge is 0.388 e. The first-order valence-electron chi connectivity index (χ1n) is 4.89. The number of rotatable bonds is 6. The number of carbonyl (C=O) groups is 1. The van der Waals surface area contributed by atoms with Crippen LogP contribution in [0.4, 0.5) is 4.79 Å². The molecular weight excluding hydrogens is 180 g/mol. The Morgan fingerprint density at radius 3 is 2.71 bits per heavy atom. The Morgan fingerprint density at radius 1 is 1.57 bits per heavy atom. The Balaban J connectivity index is 3.59. The number of urea groups is 1. The molecule has 0 aliphatic carbocycles. The van der Waals surface area contributed by atoms with Crippen LogP contribution in [0, 0.1) is 5.41 Å². The third kappa shape index (κ3) is 6.28. The zero-order valence-corrected chi connectivity index (χ0v) is 8.97. The molecule has 0 atom stereocenters. The first-order valence-corrected chi connectivity index (χ1v) is 4.89. The molecule has 0 aliphatic heterocycles. The van der Waals surface area contributed by atoms with Crippen molar-refractivity contribution in [3.8, 4) is 0 Å². The Hall–Kier alpha value is -1.26. The number of nitrogens with one attached hydrogen (secondary N) is 2. The summed E-state index contributed by atoms with van der Waals surface area (Å²) in [5.41, 5.74) is 5.19. The summed E-state index contributed by atoms with van der Waals surface area (Å²) in [6.45, 7) is 3.28. The van der Waals surface area contributed by atoms with Crippen molar-refractivity contribution in [1.29, 1.82) is 5.41 Å². The van der Waals surface area contributed by atoms with Gasteiger partial charge in [0.1, 0.15) is 0 Å². The van der Waals surface area contributed by atoms with E-state index in [9.17, 15) is 4.79 Å². The second-order valence-electron chi connectivity index (χ2n) is 3.28. The molecule has 0 aromatic rings. The van der Waals surface area contributed by atoms with Crippen LogP contribution < -0.4 is 11.1 Å². The third-order valence-electron chi connectivity index (χ3n) is 1.87. The minimum Gasteiger partial charge on any atom is -0.388 e. The molecule has 14 heavy (non-hydrogen) atoms. The lowest BCUT2D eigenvalue weighted by molar-refractivity contribution is 0.210. The van der Waals surface area contributed by atoms with Crippen LogP contribution in [0.25, 0.3) is 0 Å². The number of nitrogens with two attached hydrogens (primary N) is 1. The Bertz CT molecular complexity index is 193. The molecule has 0 spiro atoms. The van der Waals surface area contributed by atoms with Gasteiger partial charge in [0.15, 0.2) is 0 Å². The molecule has 0 saturated heterocycles. The van der Waals surface area contributed by atoms with Gasteiger partial charge in [-0.05, 0) is 6.42 Å². The van der Waals surface area contributed by atoms with Gasteiger partial charge in [-0.3, -0.25) is 5.41 Å². The molecule has 0 aromatic carbocycles. The minimum atomic E-state index is -0.0975. The quantitative estimate of drug-likeness (QED) is 0.336. The first-order chi connectivity index (χ1) is 6.57. The second kappa shape index (κ2) is 7.17. The monoisotopic (exact) mass is 200 g/mol. The number of carbonyl (C=O) groups excluding carboxylic acids is 1. The zero-order valence-electron chi connectivity index (χ0n) is 8.97. The summed E-state index contributed by atoms with van der Waals surface area (Å²) in [6, 6.07) is -0.0975. The normalized spacial score (nSPS) is 9.57. The van der Waals surface area contributed by atoms with Crippen molar-refractivity contribution in [3.63, 3.8) is 0 Å². The highest BCUT2D eigenvalue weighted by atomic mass is 16.2. The van der Waals surface area contributed by atoms with Gasteiger partial charge in [0, 0.05) is 26.6 Å². The molecule has 0 saturated carbocycles. The van der Waals surface area contributed by atoms with Crippen molar-refractivity contribution in [2.45, 2.75) is 26.2 Å². The number of amidine groups is 1. The molecule has 0 aliphatic rings. The van der Waals surface area contributed by atoms with Crippen LogP contribution in [0.15, 0.2) is 0 Å². The van der Waals surface area contributed by atoms with Crippen LogP contribution in [0.1, 0.15) is 26.2 Å². The van der Waals surface area contributed by atoms with E-state index in [0.29, 0.717) is 19.5 Å². The fraction of sp³-hybridized carbons (Fsp3) is 0.778. The lowest BCUT2D eigenvalue weighted by Gasteiger charge is -2.17. The van der Waals surface area contributed by atoms with Crippen LogP contribution in [0.5, 0.6) is 0 Å². The molecule has 5 nitrogen and oxygen atoms in total. The van der Waals surface area contributed by atoms with E-state index in [1.165, 1.54) is 4.90 Å². The van der Waals surface area contributed by atoms with Crippen molar-refractivity contribution in [2.24, 2.45) is 5.73 Å². The van der Waals surface area contributed by atoms with Gasteiger partial charge in [-0.15, -0.1) is 0 Å². The maximum Gasteiger partial charge on any atom is 0.317 e. The topological polar surface area (TPSA) is 82.2 Å². The molecule has 0 fully saturated rings. The maximum absolute atomic E-state index is 11.3. The Morgan fingerprint density at radius 2 is 2.21 bits per heavy atom. The van der Waals surface area contributed by atoms with E-state index in [-0.39, 0.29) is 11.9 Å². The van der Waals surface area contributed by atoms with Crippen LogP contribution in [0.3, 0.4) is 0 Å². The van der Waals surface area contributed by atoms with E-state index in [1.54, 1.807) is 7.05 Å². The number of hydrogen-bond acceptors (Lipinski definition) is 2. The molecule has 82 valence electrons. The second-order valence-corrected chi connectivity index (χ2v) is 3.28. The summed E-state index contributed by atoms with van der Waals surface area (Å²) in [4.78, 5) is 12.9. The standard InChI is InChI=1S/C9H20N4O/c1-3-4-6-12-9(14)13(2)7-5-8(10)11/h3-7H2,1-2H3,(H3,10,11)(H,12,14). The molecule has 4 N–H and O–H groups in total. The van der Waals surface area contributed by atoms with Gasteiger partial charge in [-0.25, -0.2) is 4.79 Å². The summed E-state index contributed by atoms with van der Waals surface area (Å²) in [5, 5.41) is 9.80. The molecule has 0 heterocycles. The summed E-state index contributed by atoms with van der Waals surface area (Å²) in [5.74, 6) is 0.109. The SMILES string of the molecule is CCCCNC(=O)N(C)CCC(=N)N. The van der Waals surface area contributed by atoms with Crippen LogP contribution in [-0.4, -0.2) is 36.9 Å². The molecule has 2 amide bonds. The molecular formula is C9H20N4O. The number of hydrogen-bond donors (Lipinski definition) is 3. The van der Waals surface area contributed by atoms with Crippen LogP contribution >= 0.6 is 0 Å². The lowest BCUT2D eigenvalue weighted by atomic mass is 10.3. The van der Waals surface area contributed by atoms with Crippen molar-refractivity contribution in [3.05, 3.63) is 0 Å². The molecule has 0 radical (unpaired) electrons. The molecule has 5 heteroatoms. The van der Waals surface area contributed by atoms with E-state index in [4.69, 9.17) is 11.1 Å². The average Bonchev–Trinajstić information content (AvgIpc) is 2.14. The highest BCUT2D eigenvalue weighted by Crippen LogP contribution is 1.89. The Labute approximate surface area is 85.2 Å². The van der Waals surface area contributed by atoms with Gasteiger partial charge < -0.3 is 16.0 Å². The molecule has 0 bridgehead atoms. The fourth-order valence-electron chi connectivity index (χ4n) is 0.897. The van der Waals surface area contributed by atoms with Gasteiger partial charge >= 0.3 is 6.03 Å². The smallest absolute Gasteiger partial charge is 0.317 e. The van der Waals surface area contributed by atoms with E-state index < -0.39 is 0 Å². The van der Waals surface area contributed by atoms with Crippen molar-refractivity contribution in [2.75, 3.05) is 20.1 Å². The molecule has 0 aromatic heterocycles. The summed E-state index contributed by atoms with van der Waals surface area (Å²) in [6.07, 6.45) is 2.49. The maximum atomic E-state index is 11.3. The minimum absolute atomic E-state index is 0.0975. The highest BCUT2D eigenvalue weighted by Gasteiger charge is 2.06. The lowest BCUT2D eigenvalue weighted by Crippen LogP contribution is -2.39. The summed E-state index contributed by atoms with van der Waals surface area (Å²) >= 11 is 0. The van der Waals surface area contributed by atoms with Gasteiger partial charge in [0.2, 0.25) is 0 Å². The number of unbranched alkanes of at least 4 members (excludes halogenated alkanes) is 1. The van der Waals surface area contributed by atoms with Gasteiger partial charge in [0.25, 0.3) is 0 Å². The predicted molar refractivity (Wildman–Crippen MR) is 57.5 cm³/mol. The van der Waals surface area contributed by atoms with Crippen molar-refractivity contribution < 1.29 is 4.79 Å². The van der Waals surface area contributed by atoms with E-state index in [1.807, 2.05) is 0 Å². The van der Waals surface area contributed by atoms with Gasteiger partial charge in [-0.1, -0.05) is 13.3 Å². The zero-order chi connectivity index (χ0) is 11.0. The molecule has 0 unspecified atom stereocenters. The van der Waals surface area contributed by atoms with Crippen LogP contribution in [0.2, 0.25) is 0 Å². The van der Waals surface area contributed by atoms with Gasteiger partial charge in [0.05, 0.1) is 5.84 Å². The van der Waals surface area contributed by atoms with E-state index in [2.05, 4.69) is 12.2 Å². The number of nitrogens with zero attached hydrogens (tertiary/aromatic N) is 1. The van der Waals surface area contributed by atoms with Crippen molar-refractivity contribution >= 4 is 11.9 Å². The van der Waals surface area contributed by atoms with Gasteiger partial charge in [-0.2, -0.15) is 0 Å². The Kier molecular flexibility index (Phi) is 6.53. The van der Waals surface area contributed by atoms with E-state index >= 15 is 0 Å². The van der Waals surface area contributed by atoms with E-state index in [0.717, 1.165) is 12.8 Å². The average molecular weight is 200 g/mol. The summed E-state index contributed by atoms with van der Waals surface area (Å²) in [7, 11) is 1.70. The fourth-order valence-corrected chi connectivity index (χ4v) is 0.897.